The Morgan fingerprint density at radius 1 is 0.875 bits per heavy atom. The van der Waals surface area contributed by atoms with Gasteiger partial charge in [0.15, 0.2) is 0 Å². The molecule has 0 spiro atoms. The number of nitrogens with two attached hydrogens (primary N) is 1. The van der Waals surface area contributed by atoms with Gasteiger partial charge < -0.3 is 9.84 Å². The Labute approximate surface area is 229 Å². The van der Waals surface area contributed by atoms with Crippen LogP contribution in [0.5, 0.6) is 5.75 Å². The van der Waals surface area contributed by atoms with E-state index in [1.165, 1.54) is 29.2 Å². The molecule has 1 unspecified atom stereocenters. The molecule has 10 heteroatoms. The van der Waals surface area contributed by atoms with Crippen LogP contribution in [0.15, 0.2) is 107 Å². The third kappa shape index (κ3) is 3.47. The van der Waals surface area contributed by atoms with Crippen molar-refractivity contribution >= 4 is 38.2 Å². The van der Waals surface area contributed by atoms with E-state index in [4.69, 9.17) is 15.0 Å². The van der Waals surface area contributed by atoms with Gasteiger partial charge in [0.05, 0.1) is 27.9 Å². The number of carbonyl (C=O) groups is 1. The van der Waals surface area contributed by atoms with Crippen LogP contribution >= 0.6 is 0 Å². The summed E-state index contributed by atoms with van der Waals surface area (Å²) in [6, 6.07) is 26.6. The first kappa shape index (κ1) is 24.1. The van der Waals surface area contributed by atoms with E-state index < -0.39 is 27.8 Å². The van der Waals surface area contributed by atoms with Crippen LogP contribution in [0.4, 0.5) is 11.5 Å². The number of amides is 1. The molecule has 0 fully saturated rings. The van der Waals surface area contributed by atoms with E-state index in [1.807, 2.05) is 67.6 Å². The van der Waals surface area contributed by atoms with Gasteiger partial charge in [0.25, 0.3) is 11.9 Å². The lowest BCUT2D eigenvalue weighted by atomic mass is 9.78. The summed E-state index contributed by atoms with van der Waals surface area (Å²) < 4.78 is 31.4. The number of hydrogen-bond acceptors (Lipinski definition) is 6. The van der Waals surface area contributed by atoms with Gasteiger partial charge in [-0.25, -0.2) is 18.2 Å². The van der Waals surface area contributed by atoms with Gasteiger partial charge in [-0.15, -0.1) is 0 Å². The molecule has 1 amide bonds. The van der Waals surface area contributed by atoms with Crippen LogP contribution in [-0.2, 0) is 14.8 Å². The third-order valence-corrected chi connectivity index (χ3v) is 8.31. The van der Waals surface area contributed by atoms with Crippen molar-refractivity contribution in [2.24, 2.45) is 5.14 Å². The molecule has 4 aromatic carbocycles. The van der Waals surface area contributed by atoms with E-state index in [0.29, 0.717) is 22.9 Å². The monoisotopic (exact) mass is 550 g/mol. The highest BCUT2D eigenvalue weighted by atomic mass is 32.2. The van der Waals surface area contributed by atoms with E-state index in [2.05, 4.69) is 0 Å². The highest BCUT2D eigenvalue weighted by molar-refractivity contribution is 7.89. The van der Waals surface area contributed by atoms with Crippen molar-refractivity contribution < 1.29 is 23.1 Å². The Bertz CT molecular complexity index is 2000. The third-order valence-electron chi connectivity index (χ3n) is 7.38. The fraction of sp³-hybridized carbons (Fsp3) is 0.0667. The molecule has 0 radical (unpaired) electrons. The number of rotatable bonds is 3. The molecular formula is C30H22N4O5S. The van der Waals surface area contributed by atoms with Gasteiger partial charge >= 0.3 is 0 Å². The number of primary sulfonamides is 1. The molecule has 3 heterocycles. The number of para-hydroxylation sites is 1. The number of aromatic nitrogens is 2. The Kier molecular flexibility index (Phi) is 5.15. The minimum atomic E-state index is -3.94. The molecule has 0 bridgehead atoms. The smallest absolute Gasteiger partial charge is 0.292 e. The maximum Gasteiger partial charge on any atom is 0.292 e. The number of aliphatic hydroxyl groups is 1. The van der Waals surface area contributed by atoms with Crippen LogP contribution < -0.4 is 14.8 Å². The Hall–Kier alpha value is -4.93. The molecule has 1 atom stereocenters. The van der Waals surface area contributed by atoms with Gasteiger partial charge in [0.1, 0.15) is 17.1 Å². The molecule has 7 rings (SSSR count). The molecular weight excluding hydrogens is 528 g/mol. The van der Waals surface area contributed by atoms with Crippen molar-refractivity contribution in [3.63, 3.8) is 0 Å². The van der Waals surface area contributed by atoms with E-state index in [-0.39, 0.29) is 10.5 Å². The van der Waals surface area contributed by atoms with Gasteiger partial charge in [0, 0.05) is 11.1 Å². The number of aliphatic hydroxyl groups excluding tert-OH is 1. The summed E-state index contributed by atoms with van der Waals surface area (Å²) in [6.45, 7) is 1.87. The van der Waals surface area contributed by atoms with Crippen LogP contribution in [0.1, 0.15) is 22.7 Å². The summed E-state index contributed by atoms with van der Waals surface area (Å²) >= 11 is 0. The summed E-state index contributed by atoms with van der Waals surface area (Å²) in [5, 5.41) is 23.2. The van der Waals surface area contributed by atoms with Gasteiger partial charge in [-0.05, 0) is 60.2 Å². The Morgan fingerprint density at radius 2 is 1.57 bits per heavy atom. The fourth-order valence-corrected chi connectivity index (χ4v) is 6.18. The van der Waals surface area contributed by atoms with E-state index in [1.54, 1.807) is 10.7 Å². The zero-order chi connectivity index (χ0) is 27.8. The maximum atomic E-state index is 14.4. The number of hydrogen-bond donors (Lipinski definition) is 2. The lowest BCUT2D eigenvalue weighted by molar-refractivity contribution is -0.115. The SMILES string of the molecule is Cc1nn(-c2ccccc2)c2c1C1C(=C(O)Oc3ccc4ccccc4c31)C(=O)N2c1ccc(S(N)(=O)=O)cc1. The van der Waals surface area contributed by atoms with Gasteiger partial charge in [0.2, 0.25) is 10.0 Å². The molecule has 0 aliphatic carbocycles. The summed E-state index contributed by atoms with van der Waals surface area (Å²) in [7, 11) is -3.94. The zero-order valence-electron chi connectivity index (χ0n) is 21.1. The lowest BCUT2D eigenvalue weighted by Gasteiger charge is -2.37. The quantitative estimate of drug-likeness (QED) is 0.327. The second kappa shape index (κ2) is 8.54. The summed E-state index contributed by atoms with van der Waals surface area (Å²) in [6.07, 6.45) is 0. The lowest BCUT2D eigenvalue weighted by Crippen LogP contribution is -2.39. The van der Waals surface area contributed by atoms with E-state index in [9.17, 15) is 18.3 Å². The molecule has 0 saturated carbocycles. The van der Waals surface area contributed by atoms with Crippen LogP contribution in [0.25, 0.3) is 16.5 Å². The first-order valence-corrected chi connectivity index (χ1v) is 14.0. The molecule has 3 N–H and O–H groups in total. The molecule has 198 valence electrons. The maximum absolute atomic E-state index is 14.4. The second-order valence-electron chi connectivity index (χ2n) is 9.70. The number of anilines is 2. The van der Waals surface area contributed by atoms with Crippen LogP contribution in [0, 0.1) is 6.92 Å². The molecule has 9 nitrogen and oxygen atoms in total. The van der Waals surface area contributed by atoms with E-state index >= 15 is 0 Å². The molecule has 0 saturated heterocycles. The van der Waals surface area contributed by atoms with Crippen LogP contribution in [0.2, 0.25) is 0 Å². The van der Waals surface area contributed by atoms with Crippen molar-refractivity contribution in [3.8, 4) is 11.4 Å². The normalized spacial score (nSPS) is 16.4. The number of nitrogens with zero attached hydrogens (tertiary/aromatic N) is 3. The highest BCUT2D eigenvalue weighted by Gasteiger charge is 2.48. The topological polar surface area (TPSA) is 128 Å². The number of sulfonamides is 1. The predicted molar refractivity (Wildman–Crippen MR) is 149 cm³/mol. The predicted octanol–water partition coefficient (Wildman–Crippen LogP) is 4.95. The summed E-state index contributed by atoms with van der Waals surface area (Å²) in [4.78, 5) is 15.7. The number of carbonyl (C=O) groups excluding carboxylic acids is 1. The minimum Gasteiger partial charge on any atom is -0.480 e. The highest BCUT2D eigenvalue weighted by Crippen LogP contribution is 2.54. The molecule has 1 aromatic heterocycles. The van der Waals surface area contributed by atoms with Gasteiger partial charge in [-0.1, -0.05) is 48.5 Å². The minimum absolute atomic E-state index is 0.0718. The standard InChI is InChI=1S/C30H22N4O5S/c1-17-24-26-25-22-10-6-5-7-18(22)11-16-23(25)39-30(36)27(26)29(35)33(19-12-14-21(15-13-19)40(31,37)38)28(24)34(32-17)20-8-3-2-4-9-20/h2-16,26,36H,1H3,(H2,31,37,38). The number of aryl methyl sites for hydroxylation is 1. The van der Waals surface area contributed by atoms with Crippen LogP contribution in [-0.4, -0.2) is 29.2 Å². The summed E-state index contributed by atoms with van der Waals surface area (Å²) in [5.41, 5.74) is 3.32. The first-order chi connectivity index (χ1) is 19.2. The van der Waals surface area contributed by atoms with Crippen molar-refractivity contribution in [2.75, 3.05) is 4.90 Å². The molecule has 2 aliphatic heterocycles. The van der Waals surface area contributed by atoms with Crippen molar-refractivity contribution in [2.45, 2.75) is 17.7 Å². The Morgan fingerprint density at radius 3 is 2.30 bits per heavy atom. The van der Waals surface area contributed by atoms with Crippen molar-refractivity contribution in [1.29, 1.82) is 0 Å². The van der Waals surface area contributed by atoms with Gasteiger partial charge in [-0.3, -0.25) is 9.69 Å². The largest absolute Gasteiger partial charge is 0.480 e. The first-order valence-electron chi connectivity index (χ1n) is 12.5. The fourth-order valence-electron chi connectivity index (χ4n) is 5.66. The van der Waals surface area contributed by atoms with E-state index in [0.717, 1.165) is 27.6 Å². The zero-order valence-corrected chi connectivity index (χ0v) is 22.0. The van der Waals surface area contributed by atoms with Crippen LogP contribution in [0.3, 0.4) is 0 Å². The summed E-state index contributed by atoms with van der Waals surface area (Å²) in [5.74, 6) is -0.717. The molecule has 5 aromatic rings. The number of fused-ring (bicyclic) bond motifs is 7. The Balaban J connectivity index is 1.56. The average molecular weight is 551 g/mol. The number of ether oxygens (including phenoxy) is 1. The molecule has 40 heavy (non-hydrogen) atoms. The second-order valence-corrected chi connectivity index (χ2v) is 11.3. The number of benzene rings is 4. The van der Waals surface area contributed by atoms with Crippen molar-refractivity contribution in [1.82, 2.24) is 9.78 Å². The van der Waals surface area contributed by atoms with Gasteiger partial charge in [-0.2, -0.15) is 5.10 Å². The molecule has 2 aliphatic rings. The average Bonchev–Trinajstić information content (AvgIpc) is 3.29. The van der Waals surface area contributed by atoms with Crippen molar-refractivity contribution in [3.05, 3.63) is 119 Å².